The molecule has 0 atom stereocenters. The lowest BCUT2D eigenvalue weighted by Crippen LogP contribution is -2.25. The van der Waals surface area contributed by atoms with Crippen LogP contribution in [0.4, 0.5) is 13.2 Å². The molecule has 27 heavy (non-hydrogen) atoms. The lowest BCUT2D eigenvalue weighted by Gasteiger charge is -2.09. The highest BCUT2D eigenvalue weighted by Gasteiger charge is 2.32. The minimum atomic E-state index is -4.56. The number of hydroxylamine groups is 1. The molecule has 3 aromatic rings. The zero-order valence-electron chi connectivity index (χ0n) is 13.5. The maximum atomic E-state index is 12.9. The second kappa shape index (κ2) is 8.15. The Morgan fingerprint density at radius 1 is 1.26 bits per heavy atom. The number of pyridine rings is 1. The summed E-state index contributed by atoms with van der Waals surface area (Å²) in [6, 6.07) is 10.00. The number of hydrogen-bond donors (Lipinski definition) is 1. The molecule has 2 heterocycles. The van der Waals surface area contributed by atoms with E-state index >= 15 is 0 Å². The first-order valence-electron chi connectivity index (χ1n) is 7.53. The van der Waals surface area contributed by atoms with Gasteiger partial charge >= 0.3 is 6.18 Å². The summed E-state index contributed by atoms with van der Waals surface area (Å²) < 4.78 is 39.9. The van der Waals surface area contributed by atoms with E-state index in [-0.39, 0.29) is 28.2 Å². The summed E-state index contributed by atoms with van der Waals surface area (Å²) in [5.41, 5.74) is 2.29. The Labute approximate surface area is 160 Å². The Morgan fingerprint density at radius 3 is 2.70 bits per heavy atom. The zero-order valence-corrected chi connectivity index (χ0v) is 15.1. The molecule has 1 aromatic carbocycles. The van der Waals surface area contributed by atoms with Crippen molar-refractivity contribution in [3.8, 4) is 0 Å². The van der Waals surface area contributed by atoms with Gasteiger partial charge in [-0.1, -0.05) is 53.7 Å². The zero-order chi connectivity index (χ0) is 19.4. The summed E-state index contributed by atoms with van der Waals surface area (Å²) in [6.45, 7) is 0.190. The monoisotopic (exact) mass is 416 g/mol. The maximum Gasteiger partial charge on any atom is 0.417 e. The average molecular weight is 417 g/mol. The van der Waals surface area contributed by atoms with Gasteiger partial charge in [-0.2, -0.15) is 13.2 Å². The third kappa shape index (κ3) is 4.90. The molecule has 0 aliphatic carbocycles. The first kappa shape index (κ1) is 19.5. The molecular weight excluding hydrogens is 405 g/mol. The standard InChI is InChI=1S/C16H12ClF3N4O2S/c17-12-6-11(16(18,19)20)7-24-14(12)21-22-15(24)27-9-13(25)23-26-8-10-4-2-1-3-5-10/h1-7H,8-9H2,(H,23,25). The molecule has 0 aliphatic heterocycles. The number of alkyl halides is 3. The van der Waals surface area contributed by atoms with Crippen molar-refractivity contribution >= 4 is 34.9 Å². The smallest absolute Gasteiger partial charge is 0.276 e. The first-order chi connectivity index (χ1) is 12.8. The Balaban J connectivity index is 1.61. The van der Waals surface area contributed by atoms with Gasteiger partial charge < -0.3 is 0 Å². The van der Waals surface area contributed by atoms with Crippen molar-refractivity contribution < 1.29 is 22.8 Å². The molecule has 0 saturated carbocycles. The third-order valence-corrected chi connectivity index (χ3v) is 4.58. The summed E-state index contributed by atoms with van der Waals surface area (Å²) in [6.07, 6.45) is -3.72. The number of aromatic nitrogens is 3. The van der Waals surface area contributed by atoms with Gasteiger partial charge in [0, 0.05) is 6.20 Å². The highest BCUT2D eigenvalue weighted by atomic mass is 35.5. The molecule has 2 aromatic heterocycles. The van der Waals surface area contributed by atoms with E-state index in [0.717, 1.165) is 34.0 Å². The maximum absolute atomic E-state index is 12.9. The van der Waals surface area contributed by atoms with E-state index in [2.05, 4.69) is 15.7 Å². The van der Waals surface area contributed by atoms with Crippen LogP contribution < -0.4 is 5.48 Å². The first-order valence-corrected chi connectivity index (χ1v) is 8.90. The second-order valence-corrected chi connectivity index (χ2v) is 6.69. The SMILES string of the molecule is O=C(CSc1nnc2c(Cl)cc(C(F)(F)F)cn12)NOCc1ccccc1. The number of nitrogens with zero attached hydrogens (tertiary/aromatic N) is 3. The van der Waals surface area contributed by atoms with Crippen molar-refractivity contribution in [2.75, 3.05) is 5.75 Å². The number of benzene rings is 1. The summed E-state index contributed by atoms with van der Waals surface area (Å²) in [5.74, 6) is -0.588. The van der Waals surface area contributed by atoms with Crippen LogP contribution in [0.15, 0.2) is 47.8 Å². The Kier molecular flexibility index (Phi) is 5.88. The fraction of sp³-hybridized carbons (Fsp3) is 0.188. The summed E-state index contributed by atoms with van der Waals surface area (Å²) in [5, 5.41) is 7.46. The molecular formula is C16H12ClF3N4O2S. The average Bonchev–Trinajstić information content (AvgIpc) is 3.04. The Bertz CT molecular complexity index is 950. The third-order valence-electron chi connectivity index (χ3n) is 3.36. The molecule has 0 bridgehead atoms. The molecule has 11 heteroatoms. The molecule has 3 rings (SSSR count). The van der Waals surface area contributed by atoms with Crippen LogP contribution in [-0.4, -0.2) is 26.3 Å². The molecule has 0 unspecified atom stereocenters. The van der Waals surface area contributed by atoms with Crippen LogP contribution in [0, 0.1) is 0 Å². The molecule has 0 aliphatic rings. The number of hydrogen-bond acceptors (Lipinski definition) is 5. The van der Waals surface area contributed by atoms with Crippen molar-refractivity contribution in [3.63, 3.8) is 0 Å². The number of carbonyl (C=O) groups is 1. The Morgan fingerprint density at radius 2 is 2.00 bits per heavy atom. The molecule has 142 valence electrons. The van der Waals surface area contributed by atoms with Crippen molar-refractivity contribution in [1.82, 2.24) is 20.1 Å². The number of halogens is 4. The van der Waals surface area contributed by atoms with Crippen LogP contribution in [0.3, 0.4) is 0 Å². The fourth-order valence-electron chi connectivity index (χ4n) is 2.12. The van der Waals surface area contributed by atoms with Crippen LogP contribution in [0.2, 0.25) is 5.02 Å². The van der Waals surface area contributed by atoms with Crippen LogP contribution in [0.1, 0.15) is 11.1 Å². The number of nitrogens with one attached hydrogen (secondary N) is 1. The van der Waals surface area contributed by atoms with E-state index in [4.69, 9.17) is 16.4 Å². The predicted molar refractivity (Wildman–Crippen MR) is 93.1 cm³/mol. The number of fused-ring (bicyclic) bond motifs is 1. The van der Waals surface area contributed by atoms with Crippen molar-refractivity contribution in [2.24, 2.45) is 0 Å². The summed E-state index contributed by atoms with van der Waals surface area (Å²) >= 11 is 6.75. The van der Waals surface area contributed by atoms with E-state index in [9.17, 15) is 18.0 Å². The number of amides is 1. The normalized spacial score (nSPS) is 11.7. The van der Waals surface area contributed by atoms with Crippen molar-refractivity contribution in [3.05, 3.63) is 58.7 Å². The molecule has 0 radical (unpaired) electrons. The van der Waals surface area contributed by atoms with Crippen LogP contribution >= 0.6 is 23.4 Å². The fourth-order valence-corrected chi connectivity index (χ4v) is 3.06. The van der Waals surface area contributed by atoms with Gasteiger partial charge in [0.25, 0.3) is 5.91 Å². The molecule has 6 nitrogen and oxygen atoms in total. The summed E-state index contributed by atoms with van der Waals surface area (Å²) in [7, 11) is 0. The van der Waals surface area contributed by atoms with E-state index in [1.54, 1.807) is 0 Å². The Hall–Kier alpha value is -2.30. The van der Waals surface area contributed by atoms with E-state index < -0.39 is 17.6 Å². The quantitative estimate of drug-likeness (QED) is 0.489. The highest BCUT2D eigenvalue weighted by molar-refractivity contribution is 7.99. The molecule has 0 spiro atoms. The van der Waals surface area contributed by atoms with Crippen molar-refractivity contribution in [1.29, 1.82) is 0 Å². The van der Waals surface area contributed by atoms with Gasteiger partial charge in [-0.15, -0.1) is 10.2 Å². The minimum absolute atomic E-state index is 0.0768. The van der Waals surface area contributed by atoms with Gasteiger partial charge in [0.05, 0.1) is 22.9 Å². The van der Waals surface area contributed by atoms with Crippen LogP contribution in [-0.2, 0) is 22.4 Å². The van der Waals surface area contributed by atoms with E-state index in [1.807, 2.05) is 30.3 Å². The predicted octanol–water partition coefficient (Wildman–Crippen LogP) is 3.74. The number of carbonyl (C=O) groups excluding carboxylic acids is 1. The second-order valence-electron chi connectivity index (χ2n) is 5.34. The lowest BCUT2D eigenvalue weighted by atomic mass is 10.2. The number of rotatable bonds is 6. The van der Waals surface area contributed by atoms with E-state index in [1.165, 1.54) is 0 Å². The van der Waals surface area contributed by atoms with Crippen molar-refractivity contribution in [2.45, 2.75) is 17.9 Å². The summed E-state index contributed by atoms with van der Waals surface area (Å²) in [4.78, 5) is 16.9. The molecule has 0 saturated heterocycles. The lowest BCUT2D eigenvalue weighted by molar-refractivity contribution is -0.138. The molecule has 0 fully saturated rings. The van der Waals surface area contributed by atoms with E-state index in [0.29, 0.717) is 0 Å². The largest absolute Gasteiger partial charge is 0.417 e. The van der Waals surface area contributed by atoms with Gasteiger partial charge in [0.1, 0.15) is 0 Å². The van der Waals surface area contributed by atoms with Gasteiger partial charge in [0.15, 0.2) is 10.8 Å². The topological polar surface area (TPSA) is 68.5 Å². The molecule has 1 N–H and O–H groups in total. The van der Waals surface area contributed by atoms with Gasteiger partial charge in [-0.05, 0) is 11.6 Å². The highest BCUT2D eigenvalue weighted by Crippen LogP contribution is 2.33. The van der Waals surface area contributed by atoms with Gasteiger partial charge in [-0.25, -0.2) is 5.48 Å². The van der Waals surface area contributed by atoms with Crippen LogP contribution in [0.25, 0.3) is 5.65 Å². The minimum Gasteiger partial charge on any atom is -0.276 e. The van der Waals surface area contributed by atoms with Gasteiger partial charge in [-0.3, -0.25) is 14.0 Å². The van der Waals surface area contributed by atoms with Gasteiger partial charge in [0.2, 0.25) is 0 Å². The molecule has 1 amide bonds. The number of thioether (sulfide) groups is 1. The van der Waals surface area contributed by atoms with Crippen LogP contribution in [0.5, 0.6) is 0 Å².